The van der Waals surface area contributed by atoms with Crippen LogP contribution in [0.4, 0.5) is 0 Å². The Kier molecular flexibility index (Phi) is 7.60. The predicted molar refractivity (Wildman–Crippen MR) is 111 cm³/mol. The van der Waals surface area contributed by atoms with E-state index in [1.165, 1.54) is 0 Å². The molecule has 1 aromatic rings. The lowest BCUT2D eigenvalue weighted by atomic mass is 9.71. The highest BCUT2D eigenvalue weighted by Crippen LogP contribution is 2.50. The standard InChI is InChI=1S/C18H28N6O.CH4O3S/c1-17(2)14(11-23-13-20-12-22-23)6-7-18(17,3)21-10-16(25)24-8-4-5-15(24)9-19;1-5(2,3)4/h12-15,21H,4-8,10-11H2,1-3H3;1H3,(H,2,3,4)/t14-,15-,18-;/m0./s1. The number of hydrogen-bond donors (Lipinski definition) is 2. The number of aromatic nitrogens is 3. The highest BCUT2D eigenvalue weighted by atomic mass is 32.2. The number of nitrogens with zero attached hydrogens (tertiary/aromatic N) is 5. The van der Waals surface area contributed by atoms with Gasteiger partial charge in [-0.3, -0.25) is 14.0 Å². The van der Waals surface area contributed by atoms with E-state index in [1.54, 1.807) is 17.6 Å². The minimum Gasteiger partial charge on any atom is -0.326 e. The van der Waals surface area contributed by atoms with Crippen LogP contribution >= 0.6 is 0 Å². The molecule has 168 valence electrons. The number of hydrogen-bond acceptors (Lipinski definition) is 7. The summed E-state index contributed by atoms with van der Waals surface area (Å²) in [6.07, 6.45) is 7.88. The van der Waals surface area contributed by atoms with Crippen molar-refractivity contribution in [3.63, 3.8) is 0 Å². The summed E-state index contributed by atoms with van der Waals surface area (Å²) < 4.78 is 27.8. The van der Waals surface area contributed by atoms with Crippen molar-refractivity contribution in [2.24, 2.45) is 11.3 Å². The van der Waals surface area contributed by atoms with E-state index in [0.717, 1.165) is 32.2 Å². The Morgan fingerprint density at radius 3 is 2.60 bits per heavy atom. The van der Waals surface area contributed by atoms with Gasteiger partial charge in [0.2, 0.25) is 5.91 Å². The average molecular weight is 441 g/mol. The Bertz CT molecular complexity index is 856. The van der Waals surface area contributed by atoms with Gasteiger partial charge in [0, 0.05) is 18.6 Å². The van der Waals surface area contributed by atoms with Crippen molar-refractivity contribution in [3.8, 4) is 6.07 Å². The van der Waals surface area contributed by atoms with E-state index in [-0.39, 0.29) is 22.9 Å². The van der Waals surface area contributed by atoms with Gasteiger partial charge in [0.15, 0.2) is 0 Å². The Labute approximate surface area is 178 Å². The van der Waals surface area contributed by atoms with Crippen molar-refractivity contribution < 1.29 is 17.8 Å². The zero-order valence-corrected chi connectivity index (χ0v) is 18.9. The van der Waals surface area contributed by atoms with Gasteiger partial charge in [0.25, 0.3) is 10.1 Å². The van der Waals surface area contributed by atoms with Gasteiger partial charge in [-0.05, 0) is 43.9 Å². The molecule has 2 fully saturated rings. The van der Waals surface area contributed by atoms with E-state index in [4.69, 9.17) is 4.55 Å². The zero-order valence-electron chi connectivity index (χ0n) is 18.1. The Morgan fingerprint density at radius 2 is 2.03 bits per heavy atom. The van der Waals surface area contributed by atoms with Crippen LogP contribution in [0.15, 0.2) is 12.7 Å². The molecule has 1 saturated heterocycles. The maximum atomic E-state index is 12.6. The highest BCUT2D eigenvalue weighted by molar-refractivity contribution is 7.85. The quantitative estimate of drug-likeness (QED) is 0.648. The van der Waals surface area contributed by atoms with Crippen LogP contribution in [0.2, 0.25) is 0 Å². The van der Waals surface area contributed by atoms with Crippen LogP contribution in [0.5, 0.6) is 0 Å². The zero-order chi connectivity index (χ0) is 22.6. The van der Waals surface area contributed by atoms with Crippen molar-refractivity contribution in [2.45, 2.75) is 64.6 Å². The first kappa shape index (κ1) is 24.2. The molecule has 2 heterocycles. The second-order valence-electron chi connectivity index (χ2n) is 8.87. The molecule has 0 radical (unpaired) electrons. The molecular weight excluding hydrogens is 408 g/mol. The van der Waals surface area contributed by atoms with E-state index in [2.05, 4.69) is 42.2 Å². The van der Waals surface area contributed by atoms with E-state index in [1.807, 2.05) is 4.68 Å². The minimum atomic E-state index is -3.67. The Morgan fingerprint density at radius 1 is 1.37 bits per heavy atom. The molecule has 3 rings (SSSR count). The summed E-state index contributed by atoms with van der Waals surface area (Å²) in [7, 11) is -3.67. The number of carbonyl (C=O) groups excluding carboxylic acids is 1. The molecule has 11 heteroatoms. The molecule has 0 aromatic carbocycles. The lowest BCUT2D eigenvalue weighted by Crippen LogP contribution is -2.55. The largest absolute Gasteiger partial charge is 0.326 e. The molecule has 30 heavy (non-hydrogen) atoms. The molecule has 1 saturated carbocycles. The summed E-state index contributed by atoms with van der Waals surface area (Å²) in [5.41, 5.74) is -0.0886. The number of nitriles is 1. The number of amides is 1. The summed E-state index contributed by atoms with van der Waals surface area (Å²) in [6.45, 7) is 8.61. The van der Waals surface area contributed by atoms with Crippen LogP contribution in [0, 0.1) is 22.7 Å². The third-order valence-corrected chi connectivity index (χ3v) is 6.66. The first-order valence-electron chi connectivity index (χ1n) is 10.1. The second-order valence-corrected chi connectivity index (χ2v) is 10.3. The number of nitrogens with one attached hydrogen (secondary N) is 1. The highest BCUT2D eigenvalue weighted by Gasteiger charge is 2.51. The molecule has 0 spiro atoms. The molecular formula is C19H32N6O4S. The van der Waals surface area contributed by atoms with Crippen LogP contribution in [-0.2, 0) is 21.5 Å². The second kappa shape index (κ2) is 9.41. The third kappa shape index (κ3) is 6.00. The van der Waals surface area contributed by atoms with E-state index < -0.39 is 10.1 Å². The predicted octanol–water partition coefficient (Wildman–Crippen LogP) is 1.08. The molecule has 1 amide bonds. The van der Waals surface area contributed by atoms with Gasteiger partial charge in [0.1, 0.15) is 18.7 Å². The van der Waals surface area contributed by atoms with Crippen LogP contribution in [0.1, 0.15) is 46.5 Å². The normalized spacial score (nSPS) is 27.9. The van der Waals surface area contributed by atoms with Crippen LogP contribution < -0.4 is 5.32 Å². The summed E-state index contributed by atoms with van der Waals surface area (Å²) in [4.78, 5) is 18.3. The van der Waals surface area contributed by atoms with Crippen molar-refractivity contribution in [2.75, 3.05) is 19.3 Å². The molecule has 1 aliphatic carbocycles. The number of carbonyl (C=O) groups is 1. The van der Waals surface area contributed by atoms with Crippen molar-refractivity contribution >= 4 is 16.0 Å². The summed E-state index contributed by atoms with van der Waals surface area (Å²) in [6, 6.07) is 1.99. The first-order valence-corrected chi connectivity index (χ1v) is 11.9. The lowest BCUT2D eigenvalue weighted by Gasteiger charge is -2.42. The summed E-state index contributed by atoms with van der Waals surface area (Å²) in [5.74, 6) is 0.515. The number of likely N-dealkylation sites (tertiary alicyclic amines) is 1. The van der Waals surface area contributed by atoms with Gasteiger partial charge in [-0.15, -0.1) is 0 Å². The smallest absolute Gasteiger partial charge is 0.261 e. The Hall–Kier alpha value is -2.03. The van der Waals surface area contributed by atoms with Crippen molar-refractivity contribution in [3.05, 3.63) is 12.7 Å². The maximum Gasteiger partial charge on any atom is 0.261 e. The van der Waals surface area contributed by atoms with Gasteiger partial charge in [-0.2, -0.15) is 18.8 Å². The molecule has 10 nitrogen and oxygen atoms in total. The fourth-order valence-corrected chi connectivity index (χ4v) is 4.36. The van der Waals surface area contributed by atoms with Crippen LogP contribution in [0.3, 0.4) is 0 Å². The fraction of sp³-hybridized carbons (Fsp3) is 0.789. The Balaban J connectivity index is 0.000000575. The molecule has 1 aromatic heterocycles. The monoisotopic (exact) mass is 440 g/mol. The molecule has 3 atom stereocenters. The van der Waals surface area contributed by atoms with Crippen molar-refractivity contribution in [1.82, 2.24) is 25.0 Å². The third-order valence-electron chi connectivity index (χ3n) is 6.66. The van der Waals surface area contributed by atoms with E-state index >= 15 is 0 Å². The van der Waals surface area contributed by atoms with Gasteiger partial charge < -0.3 is 10.2 Å². The number of rotatable bonds is 5. The SMILES string of the molecule is CC1(C)[C@H](Cn2cncn2)CC[C@]1(C)NCC(=O)N1CCC[C@H]1C#N.CS(=O)(=O)O. The molecule has 2 aliphatic rings. The minimum absolute atomic E-state index is 0.0267. The summed E-state index contributed by atoms with van der Waals surface area (Å²) >= 11 is 0. The topological polar surface area (TPSA) is 141 Å². The van der Waals surface area contributed by atoms with Gasteiger partial charge in [-0.1, -0.05) is 13.8 Å². The first-order chi connectivity index (χ1) is 13.9. The van der Waals surface area contributed by atoms with Crippen LogP contribution in [-0.4, -0.2) is 69.5 Å². The fourth-order valence-electron chi connectivity index (χ4n) is 4.36. The summed E-state index contributed by atoms with van der Waals surface area (Å²) in [5, 5.41) is 16.9. The van der Waals surface area contributed by atoms with E-state index in [9.17, 15) is 18.5 Å². The molecule has 0 bridgehead atoms. The van der Waals surface area contributed by atoms with Gasteiger partial charge in [0.05, 0.1) is 18.9 Å². The van der Waals surface area contributed by atoms with E-state index in [0.29, 0.717) is 25.3 Å². The van der Waals surface area contributed by atoms with Gasteiger partial charge >= 0.3 is 0 Å². The molecule has 0 unspecified atom stereocenters. The van der Waals surface area contributed by atoms with Crippen LogP contribution in [0.25, 0.3) is 0 Å². The van der Waals surface area contributed by atoms with Crippen molar-refractivity contribution in [1.29, 1.82) is 5.26 Å². The van der Waals surface area contributed by atoms with Gasteiger partial charge in [-0.25, -0.2) is 4.98 Å². The molecule has 2 N–H and O–H groups in total. The lowest BCUT2D eigenvalue weighted by molar-refractivity contribution is -0.130. The molecule has 1 aliphatic heterocycles. The maximum absolute atomic E-state index is 12.6. The average Bonchev–Trinajstić information content (AvgIpc) is 3.35.